The molecular weight excluding hydrogens is 258 g/mol. The van der Waals surface area contributed by atoms with Crippen molar-refractivity contribution in [2.24, 2.45) is 5.41 Å². The molecule has 4 N–H and O–H groups in total. The monoisotopic (exact) mass is 279 g/mol. The standard InChI is InChI=1S/C15H21NO4/c17-10-15(7-2-1-3-8-15)9-16-14(20)11-5-4-6-12(18)13(11)19/h4-6,17-19H,1-3,7-10H2,(H,16,20). The van der Waals surface area contributed by atoms with Gasteiger partial charge in [-0.05, 0) is 25.0 Å². The number of hydrogen-bond donors (Lipinski definition) is 4. The molecule has 0 atom stereocenters. The van der Waals surface area contributed by atoms with Crippen molar-refractivity contribution in [1.29, 1.82) is 0 Å². The Morgan fingerprint density at radius 1 is 1.20 bits per heavy atom. The lowest BCUT2D eigenvalue weighted by Crippen LogP contribution is -2.41. The third-order valence-corrected chi connectivity index (χ3v) is 4.13. The van der Waals surface area contributed by atoms with E-state index >= 15 is 0 Å². The van der Waals surface area contributed by atoms with Crippen LogP contribution in [0.2, 0.25) is 0 Å². The fourth-order valence-corrected chi connectivity index (χ4v) is 2.77. The maximum absolute atomic E-state index is 12.1. The van der Waals surface area contributed by atoms with E-state index in [9.17, 15) is 20.1 Å². The molecule has 0 aromatic heterocycles. The van der Waals surface area contributed by atoms with Crippen molar-refractivity contribution in [2.45, 2.75) is 32.1 Å². The van der Waals surface area contributed by atoms with Crippen LogP contribution in [-0.4, -0.2) is 34.4 Å². The molecule has 0 spiro atoms. The molecule has 0 heterocycles. The number of benzene rings is 1. The van der Waals surface area contributed by atoms with Gasteiger partial charge >= 0.3 is 0 Å². The summed E-state index contributed by atoms with van der Waals surface area (Å²) < 4.78 is 0. The zero-order chi connectivity index (χ0) is 14.6. The number of aliphatic hydroxyl groups is 1. The molecule has 1 fully saturated rings. The number of carbonyl (C=O) groups is 1. The summed E-state index contributed by atoms with van der Waals surface area (Å²) in [6.07, 6.45) is 5.09. The smallest absolute Gasteiger partial charge is 0.255 e. The van der Waals surface area contributed by atoms with Crippen LogP contribution in [-0.2, 0) is 0 Å². The fourth-order valence-electron chi connectivity index (χ4n) is 2.77. The molecule has 2 rings (SSSR count). The molecular formula is C15H21NO4. The molecule has 1 aromatic rings. The number of para-hydroxylation sites is 1. The Kier molecular flexibility index (Phi) is 4.49. The number of phenols is 2. The molecule has 0 unspecified atom stereocenters. The van der Waals surface area contributed by atoms with Crippen LogP contribution in [0.15, 0.2) is 18.2 Å². The van der Waals surface area contributed by atoms with E-state index in [0.29, 0.717) is 6.54 Å². The zero-order valence-corrected chi connectivity index (χ0v) is 11.4. The van der Waals surface area contributed by atoms with E-state index in [-0.39, 0.29) is 23.3 Å². The van der Waals surface area contributed by atoms with Gasteiger partial charge in [-0.25, -0.2) is 0 Å². The van der Waals surface area contributed by atoms with Crippen molar-refractivity contribution in [3.8, 4) is 11.5 Å². The number of nitrogens with one attached hydrogen (secondary N) is 1. The quantitative estimate of drug-likeness (QED) is 0.632. The van der Waals surface area contributed by atoms with Gasteiger partial charge in [0.25, 0.3) is 5.91 Å². The molecule has 110 valence electrons. The Morgan fingerprint density at radius 2 is 1.90 bits per heavy atom. The first-order valence-corrected chi connectivity index (χ1v) is 6.98. The average molecular weight is 279 g/mol. The van der Waals surface area contributed by atoms with Gasteiger partial charge in [0.2, 0.25) is 0 Å². The lowest BCUT2D eigenvalue weighted by atomic mass is 9.74. The molecule has 1 amide bonds. The van der Waals surface area contributed by atoms with Crippen molar-refractivity contribution in [3.05, 3.63) is 23.8 Å². The third kappa shape index (κ3) is 3.04. The first-order chi connectivity index (χ1) is 9.58. The first kappa shape index (κ1) is 14.7. The summed E-state index contributed by atoms with van der Waals surface area (Å²) in [4.78, 5) is 12.1. The van der Waals surface area contributed by atoms with E-state index in [2.05, 4.69) is 5.32 Å². The van der Waals surface area contributed by atoms with Gasteiger partial charge < -0.3 is 20.6 Å². The van der Waals surface area contributed by atoms with Gasteiger partial charge in [0, 0.05) is 12.0 Å². The third-order valence-electron chi connectivity index (χ3n) is 4.13. The van der Waals surface area contributed by atoms with E-state index in [1.54, 1.807) is 0 Å². The Labute approximate surface area is 118 Å². The molecule has 1 aliphatic carbocycles. The highest BCUT2D eigenvalue weighted by molar-refractivity contribution is 5.97. The summed E-state index contributed by atoms with van der Waals surface area (Å²) in [7, 11) is 0. The predicted octanol–water partition coefficient (Wildman–Crippen LogP) is 1.77. The number of carbonyl (C=O) groups excluding carboxylic acids is 1. The van der Waals surface area contributed by atoms with Gasteiger partial charge in [0.1, 0.15) is 0 Å². The Bertz CT molecular complexity index is 481. The molecule has 5 nitrogen and oxygen atoms in total. The van der Waals surface area contributed by atoms with E-state index in [0.717, 1.165) is 25.7 Å². The number of aromatic hydroxyl groups is 2. The number of amides is 1. The van der Waals surface area contributed by atoms with Crippen LogP contribution in [0.4, 0.5) is 0 Å². The van der Waals surface area contributed by atoms with Crippen LogP contribution >= 0.6 is 0 Å². The second-order valence-electron chi connectivity index (χ2n) is 5.57. The van der Waals surface area contributed by atoms with Crippen molar-refractivity contribution < 1.29 is 20.1 Å². The molecule has 1 aliphatic rings. The van der Waals surface area contributed by atoms with Crippen LogP contribution in [0.1, 0.15) is 42.5 Å². The molecule has 20 heavy (non-hydrogen) atoms. The summed E-state index contributed by atoms with van der Waals surface area (Å²) in [6.45, 7) is 0.441. The Hall–Kier alpha value is -1.75. The normalized spacial score (nSPS) is 17.6. The SMILES string of the molecule is O=C(NCC1(CO)CCCCC1)c1cccc(O)c1O. The summed E-state index contributed by atoms with van der Waals surface area (Å²) >= 11 is 0. The molecule has 1 aromatic carbocycles. The average Bonchev–Trinajstić information content (AvgIpc) is 2.48. The molecule has 5 heteroatoms. The summed E-state index contributed by atoms with van der Waals surface area (Å²) in [5.74, 6) is -1.16. The van der Waals surface area contributed by atoms with Crippen molar-refractivity contribution >= 4 is 5.91 Å². The van der Waals surface area contributed by atoms with Crippen LogP contribution in [0, 0.1) is 5.41 Å². The summed E-state index contributed by atoms with van der Waals surface area (Å²) in [5.41, 5.74) is -0.200. The van der Waals surface area contributed by atoms with Crippen LogP contribution in [0.3, 0.4) is 0 Å². The molecule has 0 aliphatic heterocycles. The van der Waals surface area contributed by atoms with Gasteiger partial charge in [-0.15, -0.1) is 0 Å². The minimum Gasteiger partial charge on any atom is -0.504 e. The lowest BCUT2D eigenvalue weighted by molar-refractivity contribution is 0.0716. The molecule has 1 saturated carbocycles. The van der Waals surface area contributed by atoms with Gasteiger partial charge in [-0.2, -0.15) is 0 Å². The van der Waals surface area contributed by atoms with Gasteiger partial charge in [-0.3, -0.25) is 4.79 Å². The Balaban J connectivity index is 2.02. The summed E-state index contributed by atoms with van der Waals surface area (Å²) in [6, 6.07) is 4.28. The number of phenolic OH excluding ortho intramolecular Hbond substituents is 2. The first-order valence-electron chi connectivity index (χ1n) is 6.98. The molecule has 0 radical (unpaired) electrons. The molecule has 0 saturated heterocycles. The highest BCUT2D eigenvalue weighted by Crippen LogP contribution is 2.35. The second-order valence-corrected chi connectivity index (χ2v) is 5.57. The van der Waals surface area contributed by atoms with Gasteiger partial charge in [0.05, 0.1) is 12.2 Å². The molecule has 0 bridgehead atoms. The summed E-state index contributed by atoms with van der Waals surface area (Å²) in [5, 5.41) is 31.4. The van der Waals surface area contributed by atoms with E-state index < -0.39 is 11.7 Å². The van der Waals surface area contributed by atoms with Crippen molar-refractivity contribution in [2.75, 3.05) is 13.2 Å². The van der Waals surface area contributed by atoms with Crippen molar-refractivity contribution in [1.82, 2.24) is 5.32 Å². The second kappa shape index (κ2) is 6.13. The minimum atomic E-state index is -0.434. The highest BCUT2D eigenvalue weighted by Gasteiger charge is 2.32. The largest absolute Gasteiger partial charge is 0.504 e. The van der Waals surface area contributed by atoms with E-state index in [1.807, 2.05) is 0 Å². The fraction of sp³-hybridized carbons (Fsp3) is 0.533. The minimum absolute atomic E-state index is 0.0499. The van der Waals surface area contributed by atoms with E-state index in [1.165, 1.54) is 24.6 Å². The van der Waals surface area contributed by atoms with Crippen molar-refractivity contribution in [3.63, 3.8) is 0 Å². The Morgan fingerprint density at radius 3 is 2.55 bits per heavy atom. The zero-order valence-electron chi connectivity index (χ0n) is 11.4. The number of aliphatic hydroxyl groups excluding tert-OH is 1. The lowest BCUT2D eigenvalue weighted by Gasteiger charge is -2.35. The topological polar surface area (TPSA) is 89.8 Å². The van der Waals surface area contributed by atoms with Crippen LogP contribution in [0.5, 0.6) is 11.5 Å². The van der Waals surface area contributed by atoms with Gasteiger partial charge in [-0.1, -0.05) is 25.3 Å². The van der Waals surface area contributed by atoms with E-state index in [4.69, 9.17) is 0 Å². The predicted molar refractivity (Wildman–Crippen MR) is 74.7 cm³/mol. The van der Waals surface area contributed by atoms with Gasteiger partial charge in [0.15, 0.2) is 11.5 Å². The maximum Gasteiger partial charge on any atom is 0.255 e. The number of rotatable bonds is 4. The van der Waals surface area contributed by atoms with Crippen LogP contribution in [0.25, 0.3) is 0 Å². The highest BCUT2D eigenvalue weighted by atomic mass is 16.3. The maximum atomic E-state index is 12.1. The van der Waals surface area contributed by atoms with Crippen LogP contribution < -0.4 is 5.32 Å². The number of hydrogen-bond acceptors (Lipinski definition) is 4.